The molecule has 0 unspecified atom stereocenters. The molecule has 7 heteroatoms. The van der Waals surface area contributed by atoms with Gasteiger partial charge in [0.15, 0.2) is 5.13 Å². The van der Waals surface area contributed by atoms with E-state index in [4.69, 9.17) is 5.39 Å². The van der Waals surface area contributed by atoms with E-state index in [9.17, 15) is 5.11 Å². The SMILES string of the molecule is N#[N+]Nc1ccc(-c2csc(Nc3ccc(O)cc3)n2)cc1. The maximum Gasteiger partial charge on any atom is 0.308 e. The fraction of sp³-hybridized carbons (Fsp3) is 0. The van der Waals surface area contributed by atoms with Gasteiger partial charge in [0.25, 0.3) is 5.39 Å². The maximum atomic E-state index is 9.27. The van der Waals surface area contributed by atoms with E-state index in [1.165, 1.54) is 11.3 Å². The zero-order chi connectivity index (χ0) is 15.4. The number of aromatic nitrogens is 1. The zero-order valence-electron chi connectivity index (χ0n) is 11.4. The molecule has 6 nitrogen and oxygen atoms in total. The maximum absolute atomic E-state index is 9.27. The average Bonchev–Trinajstić information content (AvgIpc) is 2.99. The van der Waals surface area contributed by atoms with Crippen molar-refractivity contribution in [2.24, 2.45) is 0 Å². The Balaban J connectivity index is 1.75. The number of phenols is 1. The summed E-state index contributed by atoms with van der Waals surface area (Å²) in [5.74, 6) is 0.230. The van der Waals surface area contributed by atoms with Gasteiger partial charge < -0.3 is 10.4 Å². The van der Waals surface area contributed by atoms with Crippen LogP contribution >= 0.6 is 11.3 Å². The highest BCUT2D eigenvalue weighted by Gasteiger charge is 2.06. The van der Waals surface area contributed by atoms with Gasteiger partial charge >= 0.3 is 5.08 Å². The van der Waals surface area contributed by atoms with Gasteiger partial charge in [-0.1, -0.05) is 12.1 Å². The normalized spacial score (nSPS) is 9.95. The number of nitrogens with one attached hydrogen (secondary N) is 2. The van der Waals surface area contributed by atoms with Gasteiger partial charge in [0.1, 0.15) is 11.4 Å². The van der Waals surface area contributed by atoms with E-state index in [-0.39, 0.29) is 5.75 Å². The first-order valence-corrected chi connectivity index (χ1v) is 7.35. The van der Waals surface area contributed by atoms with E-state index in [0.29, 0.717) is 5.69 Å². The average molecular weight is 310 g/mol. The molecule has 0 fully saturated rings. The molecule has 0 aliphatic heterocycles. The number of phenolic OH excluding ortho intramolecular Hbond substituents is 1. The number of hydrogen-bond acceptors (Lipinski definition) is 6. The summed E-state index contributed by atoms with van der Waals surface area (Å²) >= 11 is 1.50. The molecule has 0 bridgehead atoms. The van der Waals surface area contributed by atoms with Crippen molar-refractivity contribution in [3.05, 3.63) is 59.0 Å². The van der Waals surface area contributed by atoms with Gasteiger partial charge in [-0.3, -0.25) is 0 Å². The van der Waals surface area contributed by atoms with Crippen molar-refractivity contribution >= 4 is 27.8 Å². The fourth-order valence-corrected chi connectivity index (χ4v) is 2.65. The standard InChI is InChI=1S/C15H11N5OS/c16-20-19-12-3-1-10(2-4-12)14-9-22-15(18-14)17-11-5-7-13(21)8-6-11/h1-9,16,19H/p+1. The third-order valence-corrected chi connectivity index (χ3v) is 3.74. The van der Waals surface area contributed by atoms with E-state index >= 15 is 0 Å². The number of rotatable bonds is 4. The molecule has 0 aliphatic carbocycles. The molecule has 22 heavy (non-hydrogen) atoms. The summed E-state index contributed by atoms with van der Waals surface area (Å²) in [5, 5.41) is 26.5. The van der Waals surface area contributed by atoms with Crippen LogP contribution in [0.5, 0.6) is 5.75 Å². The van der Waals surface area contributed by atoms with Crippen LogP contribution in [0, 0.1) is 5.39 Å². The van der Waals surface area contributed by atoms with Gasteiger partial charge in [0.2, 0.25) is 0 Å². The third-order valence-electron chi connectivity index (χ3n) is 2.98. The van der Waals surface area contributed by atoms with Crippen molar-refractivity contribution in [1.82, 2.24) is 4.98 Å². The molecule has 3 N–H and O–H groups in total. The summed E-state index contributed by atoms with van der Waals surface area (Å²) in [4.78, 5) is 4.53. The van der Waals surface area contributed by atoms with Crippen molar-refractivity contribution < 1.29 is 5.11 Å². The molecule has 3 aromatic rings. The highest BCUT2D eigenvalue weighted by atomic mass is 32.1. The Morgan fingerprint density at radius 3 is 2.36 bits per heavy atom. The van der Waals surface area contributed by atoms with E-state index in [2.05, 4.69) is 20.8 Å². The van der Waals surface area contributed by atoms with Crippen molar-refractivity contribution in [3.8, 4) is 17.0 Å². The lowest BCUT2D eigenvalue weighted by atomic mass is 10.1. The highest BCUT2D eigenvalue weighted by molar-refractivity contribution is 7.14. The van der Waals surface area contributed by atoms with Crippen LogP contribution in [0.4, 0.5) is 16.5 Å². The molecular formula is C15H12N5OS+. The largest absolute Gasteiger partial charge is 0.508 e. The molecule has 0 aliphatic rings. The first-order chi connectivity index (χ1) is 10.7. The highest BCUT2D eigenvalue weighted by Crippen LogP contribution is 2.28. The molecule has 2 aromatic carbocycles. The Morgan fingerprint density at radius 2 is 1.68 bits per heavy atom. The molecular weight excluding hydrogens is 298 g/mol. The predicted molar refractivity (Wildman–Crippen MR) is 87.6 cm³/mol. The van der Waals surface area contributed by atoms with E-state index in [1.54, 1.807) is 24.3 Å². The molecule has 0 radical (unpaired) electrons. The van der Waals surface area contributed by atoms with Crippen molar-refractivity contribution in [1.29, 1.82) is 5.39 Å². The van der Waals surface area contributed by atoms with Crippen LogP contribution in [0.15, 0.2) is 53.9 Å². The lowest BCUT2D eigenvalue weighted by molar-refractivity contribution is 0.475. The van der Waals surface area contributed by atoms with Crippen LogP contribution in [0.25, 0.3) is 16.3 Å². The summed E-state index contributed by atoms with van der Waals surface area (Å²) in [6.45, 7) is 0. The number of hydrogen-bond donors (Lipinski definition) is 3. The number of anilines is 3. The quantitative estimate of drug-likeness (QED) is 0.377. The van der Waals surface area contributed by atoms with E-state index in [0.717, 1.165) is 22.1 Å². The molecule has 3 rings (SSSR count). The summed E-state index contributed by atoms with van der Waals surface area (Å²) in [5.41, 5.74) is 5.85. The second-order valence-corrected chi connectivity index (χ2v) is 5.36. The second kappa shape index (κ2) is 6.11. The minimum Gasteiger partial charge on any atom is -0.508 e. The lowest BCUT2D eigenvalue weighted by Crippen LogP contribution is -1.89. The number of diazo groups is 1. The van der Waals surface area contributed by atoms with E-state index in [1.807, 2.05) is 29.6 Å². The molecule has 0 amide bonds. The smallest absolute Gasteiger partial charge is 0.308 e. The summed E-state index contributed by atoms with van der Waals surface area (Å²) in [6, 6.07) is 14.2. The van der Waals surface area contributed by atoms with Crippen molar-refractivity contribution in [3.63, 3.8) is 0 Å². The minimum absolute atomic E-state index is 0.230. The van der Waals surface area contributed by atoms with Gasteiger partial charge in [-0.05, 0) is 41.8 Å². The number of aromatic hydroxyl groups is 1. The number of benzene rings is 2. The Kier molecular flexibility index (Phi) is 3.85. The van der Waals surface area contributed by atoms with Crippen LogP contribution in [-0.4, -0.2) is 10.1 Å². The van der Waals surface area contributed by atoms with Crippen LogP contribution in [-0.2, 0) is 0 Å². The first-order valence-electron chi connectivity index (χ1n) is 6.47. The Bertz CT molecular complexity index is 805. The van der Waals surface area contributed by atoms with Crippen LogP contribution in [0.2, 0.25) is 0 Å². The second-order valence-electron chi connectivity index (χ2n) is 4.50. The van der Waals surface area contributed by atoms with Gasteiger partial charge in [0.05, 0.1) is 5.69 Å². The molecule has 0 atom stereocenters. The fourth-order valence-electron chi connectivity index (χ4n) is 1.91. The van der Waals surface area contributed by atoms with E-state index < -0.39 is 0 Å². The monoisotopic (exact) mass is 310 g/mol. The van der Waals surface area contributed by atoms with Crippen LogP contribution < -0.4 is 10.7 Å². The van der Waals surface area contributed by atoms with Gasteiger partial charge in [-0.2, -0.15) is 0 Å². The predicted octanol–water partition coefficient (Wildman–Crippen LogP) is 4.44. The molecule has 108 valence electrons. The van der Waals surface area contributed by atoms with Crippen LogP contribution in [0.3, 0.4) is 0 Å². The summed E-state index contributed by atoms with van der Waals surface area (Å²) < 4.78 is 0. The first kappa shape index (κ1) is 13.9. The number of nitrogens with zero attached hydrogens (tertiary/aromatic N) is 3. The topological polar surface area (TPSA) is 85.3 Å². The molecule has 0 saturated heterocycles. The Morgan fingerprint density at radius 1 is 1.00 bits per heavy atom. The Labute approximate surface area is 130 Å². The van der Waals surface area contributed by atoms with Crippen molar-refractivity contribution in [2.45, 2.75) is 0 Å². The van der Waals surface area contributed by atoms with Gasteiger partial charge in [-0.15, -0.1) is 11.3 Å². The number of thiazole rings is 1. The lowest BCUT2D eigenvalue weighted by Gasteiger charge is -2.02. The van der Waals surface area contributed by atoms with Crippen molar-refractivity contribution in [2.75, 3.05) is 10.7 Å². The molecule has 0 spiro atoms. The molecule has 0 saturated carbocycles. The summed E-state index contributed by atoms with van der Waals surface area (Å²) in [7, 11) is 0. The molecule has 1 heterocycles. The summed E-state index contributed by atoms with van der Waals surface area (Å²) in [6.07, 6.45) is 0. The Hall–Kier alpha value is -3.11. The van der Waals surface area contributed by atoms with Gasteiger partial charge in [0, 0.05) is 16.6 Å². The van der Waals surface area contributed by atoms with Crippen LogP contribution in [0.1, 0.15) is 0 Å². The third kappa shape index (κ3) is 3.13. The molecule has 1 aromatic heterocycles. The minimum atomic E-state index is 0.230. The van der Waals surface area contributed by atoms with Gasteiger partial charge in [-0.25, -0.2) is 4.98 Å². The zero-order valence-corrected chi connectivity index (χ0v) is 12.2.